The van der Waals surface area contributed by atoms with Crippen molar-refractivity contribution in [2.45, 2.75) is 57.7 Å². The van der Waals surface area contributed by atoms with Gasteiger partial charge in [-0.3, -0.25) is 14.8 Å². The van der Waals surface area contributed by atoms with E-state index in [-0.39, 0.29) is 17.6 Å². The summed E-state index contributed by atoms with van der Waals surface area (Å²) in [6.45, 7) is 5.68. The minimum Gasteiger partial charge on any atom is -0.375 e. The second-order valence-corrected chi connectivity index (χ2v) is 9.72. The summed E-state index contributed by atoms with van der Waals surface area (Å²) < 4.78 is 8.25. The van der Waals surface area contributed by atoms with E-state index in [1.165, 1.54) is 22.2 Å². The number of hydrogen-bond acceptors (Lipinski definition) is 4. The number of rotatable bonds is 5. The maximum atomic E-state index is 13.0. The Bertz CT molecular complexity index is 1220. The minimum atomic E-state index is -0.514. The van der Waals surface area contributed by atoms with E-state index in [4.69, 9.17) is 4.74 Å². The Morgan fingerprint density at radius 2 is 1.88 bits per heavy atom. The molecule has 7 nitrogen and oxygen atoms in total. The van der Waals surface area contributed by atoms with Crippen LogP contribution < -0.4 is 10.8 Å². The molecule has 34 heavy (non-hydrogen) atoms. The molecule has 1 saturated heterocycles. The number of nitrogens with zero attached hydrogens (tertiary/aromatic N) is 1. The Morgan fingerprint density at radius 3 is 2.59 bits per heavy atom. The number of fused-ring (bicyclic) bond motifs is 1. The predicted molar refractivity (Wildman–Crippen MR) is 129 cm³/mol. The first-order valence-electron chi connectivity index (χ1n) is 11.9. The quantitative estimate of drug-likeness (QED) is 0.397. The number of hydrogen-bond donors (Lipinski definition) is 3. The van der Waals surface area contributed by atoms with Gasteiger partial charge in [0.2, 0.25) is 5.91 Å². The molecule has 0 radical (unpaired) electrons. The van der Waals surface area contributed by atoms with Crippen LogP contribution in [0.5, 0.6) is 0 Å². The van der Waals surface area contributed by atoms with E-state index in [1.54, 1.807) is 5.48 Å². The summed E-state index contributed by atoms with van der Waals surface area (Å²) in [5.74, 6) is -1.21. The first-order valence-corrected chi connectivity index (χ1v) is 11.9. The molecule has 2 fully saturated rings. The van der Waals surface area contributed by atoms with Gasteiger partial charge in [-0.25, -0.2) is 5.48 Å². The lowest BCUT2D eigenvalue weighted by Gasteiger charge is -2.22. The largest absolute Gasteiger partial charge is 0.375 e. The summed E-state index contributed by atoms with van der Waals surface area (Å²) in [4.78, 5) is 25.3. The Hall–Kier alpha value is -3.16. The molecule has 2 aliphatic rings. The van der Waals surface area contributed by atoms with Crippen molar-refractivity contribution in [2.75, 3.05) is 6.61 Å². The molecule has 1 spiro atoms. The molecule has 0 bridgehead atoms. The van der Waals surface area contributed by atoms with Crippen LogP contribution in [0.25, 0.3) is 10.9 Å². The molecule has 5 rings (SSSR count). The topological polar surface area (TPSA) is 92.6 Å². The summed E-state index contributed by atoms with van der Waals surface area (Å²) in [5, 5.41) is 13.5. The molecule has 2 heterocycles. The van der Waals surface area contributed by atoms with Crippen molar-refractivity contribution < 1.29 is 19.5 Å². The number of amides is 2. The lowest BCUT2D eigenvalue weighted by molar-refractivity contribution is -0.134. The lowest BCUT2D eigenvalue weighted by atomic mass is 9.96. The third-order valence-electron chi connectivity index (χ3n) is 7.72. The van der Waals surface area contributed by atoms with Crippen molar-refractivity contribution in [1.29, 1.82) is 0 Å². The van der Waals surface area contributed by atoms with Gasteiger partial charge in [0.05, 0.1) is 11.5 Å². The number of ether oxygens (including phenoxy) is 1. The summed E-state index contributed by atoms with van der Waals surface area (Å²) >= 11 is 0. The smallest absolute Gasteiger partial charge is 0.251 e. The summed E-state index contributed by atoms with van der Waals surface area (Å²) in [6, 6.07) is 15.6. The number of aromatic nitrogens is 1. The molecule has 3 atom stereocenters. The highest BCUT2D eigenvalue weighted by molar-refractivity contribution is 5.95. The lowest BCUT2D eigenvalue weighted by Crippen LogP contribution is -2.43. The summed E-state index contributed by atoms with van der Waals surface area (Å²) in [6.07, 6.45) is 2.91. The van der Waals surface area contributed by atoms with Crippen LogP contribution in [-0.4, -0.2) is 39.8 Å². The highest BCUT2D eigenvalue weighted by Crippen LogP contribution is 2.44. The summed E-state index contributed by atoms with van der Waals surface area (Å²) in [7, 11) is 0. The number of carbonyl (C=O) groups excluding carboxylic acids is 2. The average molecular weight is 462 g/mol. The molecule has 1 aliphatic carbocycles. The Kier molecular flexibility index (Phi) is 5.91. The molecule has 3 aromatic rings. The Morgan fingerprint density at radius 1 is 1.12 bits per heavy atom. The fourth-order valence-electron chi connectivity index (χ4n) is 5.76. The fourth-order valence-corrected chi connectivity index (χ4v) is 5.76. The number of benzene rings is 2. The zero-order valence-electron chi connectivity index (χ0n) is 19.6. The van der Waals surface area contributed by atoms with Gasteiger partial charge in [0.25, 0.3) is 5.91 Å². The number of aryl methyl sites for hydroxylation is 1. The van der Waals surface area contributed by atoms with Gasteiger partial charge in [0.1, 0.15) is 0 Å². The second kappa shape index (κ2) is 8.89. The minimum absolute atomic E-state index is 0.222. The predicted octanol–water partition coefficient (Wildman–Crippen LogP) is 3.87. The normalized spacial score (nSPS) is 24.1. The van der Waals surface area contributed by atoms with Crippen LogP contribution in [0.2, 0.25) is 0 Å². The molecule has 1 aromatic heterocycles. The van der Waals surface area contributed by atoms with Gasteiger partial charge in [-0.2, -0.15) is 0 Å². The van der Waals surface area contributed by atoms with Crippen molar-refractivity contribution in [1.82, 2.24) is 15.4 Å². The van der Waals surface area contributed by atoms with Crippen LogP contribution in [-0.2, 0) is 16.1 Å². The van der Waals surface area contributed by atoms with Crippen molar-refractivity contribution in [3.63, 3.8) is 0 Å². The first kappa shape index (κ1) is 22.6. The van der Waals surface area contributed by atoms with Crippen molar-refractivity contribution in [3.8, 4) is 0 Å². The van der Waals surface area contributed by atoms with Crippen molar-refractivity contribution in [3.05, 3.63) is 70.9 Å². The van der Waals surface area contributed by atoms with Gasteiger partial charge in [-0.15, -0.1) is 0 Å². The number of hydroxylamine groups is 1. The van der Waals surface area contributed by atoms with Crippen LogP contribution in [0.4, 0.5) is 0 Å². The van der Waals surface area contributed by atoms with Crippen LogP contribution >= 0.6 is 0 Å². The van der Waals surface area contributed by atoms with E-state index in [0.29, 0.717) is 25.0 Å². The zero-order valence-corrected chi connectivity index (χ0v) is 19.6. The van der Waals surface area contributed by atoms with Crippen LogP contribution in [0.15, 0.2) is 48.5 Å². The fraction of sp³-hybridized carbons (Fsp3) is 0.407. The van der Waals surface area contributed by atoms with E-state index < -0.39 is 11.8 Å². The average Bonchev–Trinajstić information content (AvgIpc) is 3.53. The highest BCUT2D eigenvalue weighted by Gasteiger charge is 2.51. The number of nitrogens with one attached hydrogen (secondary N) is 2. The zero-order chi connectivity index (χ0) is 23.9. The van der Waals surface area contributed by atoms with E-state index in [2.05, 4.69) is 48.0 Å². The van der Waals surface area contributed by atoms with Crippen LogP contribution in [0.3, 0.4) is 0 Å². The van der Waals surface area contributed by atoms with E-state index in [9.17, 15) is 14.8 Å². The Balaban J connectivity index is 1.30. The maximum absolute atomic E-state index is 13.0. The van der Waals surface area contributed by atoms with E-state index >= 15 is 0 Å². The van der Waals surface area contributed by atoms with Gasteiger partial charge in [-0.05, 0) is 68.9 Å². The van der Waals surface area contributed by atoms with Crippen molar-refractivity contribution >= 4 is 22.7 Å². The van der Waals surface area contributed by atoms with Crippen LogP contribution in [0.1, 0.15) is 52.9 Å². The number of para-hydroxylation sites is 1. The number of carbonyl (C=O) groups is 2. The highest BCUT2D eigenvalue weighted by atomic mass is 16.5. The van der Waals surface area contributed by atoms with Gasteiger partial charge in [0, 0.05) is 41.4 Å². The molecule has 3 N–H and O–H groups in total. The maximum Gasteiger partial charge on any atom is 0.251 e. The molecular formula is C27H31N3O4. The standard InChI is InChI=1S/C27H31N3O4/c1-17-18(2)30(24-7-4-3-6-21(17)24)16-19-8-10-20(11-9-19)25(31)28-23-15-27(12-5-13-34-27)14-22(23)26(32)29-33/h3-4,6-11,22-23,33H,5,12-16H2,1-2H3,(H,28,31)(H,29,32)/t22-,23+,27+/m0/s1. The van der Waals surface area contributed by atoms with Gasteiger partial charge < -0.3 is 14.6 Å². The van der Waals surface area contributed by atoms with Crippen molar-refractivity contribution in [2.24, 2.45) is 5.92 Å². The van der Waals surface area contributed by atoms with Crippen LogP contribution in [0, 0.1) is 19.8 Å². The molecular weight excluding hydrogens is 430 g/mol. The Labute approximate surface area is 199 Å². The molecule has 2 amide bonds. The molecule has 7 heteroatoms. The second-order valence-electron chi connectivity index (χ2n) is 9.72. The van der Waals surface area contributed by atoms with Gasteiger partial charge >= 0.3 is 0 Å². The molecule has 1 saturated carbocycles. The monoisotopic (exact) mass is 461 g/mol. The van der Waals surface area contributed by atoms with Gasteiger partial charge in [-0.1, -0.05) is 30.3 Å². The first-order chi connectivity index (χ1) is 16.4. The third-order valence-corrected chi connectivity index (χ3v) is 7.72. The third kappa shape index (κ3) is 3.99. The van der Waals surface area contributed by atoms with Gasteiger partial charge in [0.15, 0.2) is 0 Å². The SMILES string of the molecule is Cc1c(C)n(Cc2ccc(C(=O)N[C@@H]3C[C@@]4(CCCO4)C[C@@H]3C(=O)NO)cc2)c2ccccc12. The molecule has 178 valence electrons. The molecule has 0 unspecified atom stereocenters. The van der Waals surface area contributed by atoms with E-state index in [1.807, 2.05) is 24.3 Å². The molecule has 2 aromatic carbocycles. The molecule has 1 aliphatic heterocycles. The summed E-state index contributed by atoms with van der Waals surface area (Å²) in [5.41, 5.74) is 6.76. The van der Waals surface area contributed by atoms with E-state index in [0.717, 1.165) is 24.9 Å².